The standard InChI is InChI=1S/C13H18BrN3/c1-8(2)10-4-5-11(14)12(9(10)3)17-7-6-16-13(17)15/h4-5,8H,6-7H2,1-3H3,(H2,15,16). The molecule has 0 radical (unpaired) electrons. The normalized spacial score (nSPS) is 15.6. The second kappa shape index (κ2) is 4.69. The van der Waals surface area contributed by atoms with Crippen molar-refractivity contribution in [3.8, 4) is 0 Å². The molecule has 0 fully saturated rings. The van der Waals surface area contributed by atoms with Gasteiger partial charge in [0.2, 0.25) is 0 Å². The Morgan fingerprint density at radius 3 is 2.65 bits per heavy atom. The van der Waals surface area contributed by atoms with Gasteiger partial charge in [0.25, 0.3) is 0 Å². The second-order valence-corrected chi connectivity index (χ2v) is 5.51. The van der Waals surface area contributed by atoms with E-state index in [2.05, 4.69) is 58.7 Å². The van der Waals surface area contributed by atoms with Gasteiger partial charge >= 0.3 is 0 Å². The van der Waals surface area contributed by atoms with E-state index in [1.807, 2.05) is 0 Å². The van der Waals surface area contributed by atoms with Gasteiger partial charge in [0, 0.05) is 11.0 Å². The summed E-state index contributed by atoms with van der Waals surface area (Å²) in [4.78, 5) is 6.34. The maximum absolute atomic E-state index is 5.93. The van der Waals surface area contributed by atoms with Crippen molar-refractivity contribution in [2.45, 2.75) is 26.7 Å². The molecule has 17 heavy (non-hydrogen) atoms. The molecule has 1 aromatic carbocycles. The van der Waals surface area contributed by atoms with Crippen LogP contribution in [0.1, 0.15) is 30.9 Å². The van der Waals surface area contributed by atoms with Crippen molar-refractivity contribution in [1.29, 1.82) is 0 Å². The first-order valence-corrected chi connectivity index (χ1v) is 6.68. The van der Waals surface area contributed by atoms with Gasteiger partial charge in [0.1, 0.15) is 0 Å². The second-order valence-electron chi connectivity index (χ2n) is 4.66. The van der Waals surface area contributed by atoms with Crippen molar-refractivity contribution in [3.63, 3.8) is 0 Å². The minimum atomic E-state index is 0.516. The first-order valence-electron chi connectivity index (χ1n) is 5.88. The number of aliphatic imine (C=N–C) groups is 1. The highest BCUT2D eigenvalue weighted by atomic mass is 79.9. The number of anilines is 1. The fourth-order valence-corrected chi connectivity index (χ4v) is 2.97. The van der Waals surface area contributed by atoms with Gasteiger partial charge in [-0.15, -0.1) is 0 Å². The largest absolute Gasteiger partial charge is 0.370 e. The fourth-order valence-electron chi connectivity index (χ4n) is 2.33. The monoisotopic (exact) mass is 295 g/mol. The molecule has 2 N–H and O–H groups in total. The summed E-state index contributed by atoms with van der Waals surface area (Å²) in [5.41, 5.74) is 9.74. The third kappa shape index (κ3) is 2.18. The summed E-state index contributed by atoms with van der Waals surface area (Å²) in [6.45, 7) is 8.22. The van der Waals surface area contributed by atoms with Gasteiger partial charge in [-0.3, -0.25) is 4.99 Å². The molecule has 1 aliphatic rings. The molecule has 0 aromatic heterocycles. The molecule has 1 heterocycles. The van der Waals surface area contributed by atoms with Crippen LogP contribution in [0.15, 0.2) is 21.6 Å². The average molecular weight is 296 g/mol. The number of nitrogens with zero attached hydrogens (tertiary/aromatic N) is 2. The number of hydrogen-bond acceptors (Lipinski definition) is 3. The van der Waals surface area contributed by atoms with E-state index in [0.717, 1.165) is 23.2 Å². The number of nitrogens with two attached hydrogens (primary N) is 1. The predicted molar refractivity (Wildman–Crippen MR) is 76.8 cm³/mol. The molecule has 1 aliphatic heterocycles. The third-order valence-corrected chi connectivity index (χ3v) is 3.83. The van der Waals surface area contributed by atoms with Gasteiger partial charge in [-0.1, -0.05) is 19.9 Å². The Morgan fingerprint density at radius 2 is 2.12 bits per heavy atom. The fraction of sp³-hybridized carbons (Fsp3) is 0.462. The summed E-state index contributed by atoms with van der Waals surface area (Å²) in [7, 11) is 0. The lowest BCUT2D eigenvalue weighted by atomic mass is 9.96. The van der Waals surface area contributed by atoms with Crippen molar-refractivity contribution < 1.29 is 0 Å². The molecular formula is C13H18BrN3. The summed E-state index contributed by atoms with van der Waals surface area (Å²) >= 11 is 3.62. The number of halogens is 1. The molecule has 0 unspecified atom stereocenters. The molecule has 1 aromatic rings. The van der Waals surface area contributed by atoms with Crippen molar-refractivity contribution in [2.75, 3.05) is 18.0 Å². The molecule has 4 heteroatoms. The Kier molecular flexibility index (Phi) is 3.43. The van der Waals surface area contributed by atoms with Gasteiger partial charge in [0.15, 0.2) is 5.96 Å². The molecule has 0 atom stereocenters. The van der Waals surface area contributed by atoms with Crippen molar-refractivity contribution >= 4 is 27.6 Å². The van der Waals surface area contributed by atoms with Crippen LogP contribution in [0.3, 0.4) is 0 Å². The van der Waals surface area contributed by atoms with Crippen LogP contribution in [-0.2, 0) is 0 Å². The zero-order valence-corrected chi connectivity index (χ0v) is 12.1. The summed E-state index contributed by atoms with van der Waals surface area (Å²) in [5.74, 6) is 1.14. The molecule has 92 valence electrons. The van der Waals surface area contributed by atoms with Crippen molar-refractivity contribution in [2.24, 2.45) is 10.7 Å². The molecular weight excluding hydrogens is 278 g/mol. The maximum atomic E-state index is 5.93. The van der Waals surface area contributed by atoms with E-state index in [1.165, 1.54) is 11.1 Å². The van der Waals surface area contributed by atoms with Gasteiger partial charge in [0.05, 0.1) is 12.2 Å². The summed E-state index contributed by atoms with van der Waals surface area (Å²) in [6.07, 6.45) is 0. The van der Waals surface area contributed by atoms with Crippen LogP contribution >= 0.6 is 15.9 Å². The van der Waals surface area contributed by atoms with E-state index in [4.69, 9.17) is 5.73 Å². The third-order valence-electron chi connectivity index (χ3n) is 3.19. The SMILES string of the molecule is Cc1c(C(C)C)ccc(Br)c1N1CCN=C1N. The van der Waals surface area contributed by atoms with E-state index in [0.29, 0.717) is 11.9 Å². The van der Waals surface area contributed by atoms with Crippen LogP contribution in [0.5, 0.6) is 0 Å². The number of rotatable bonds is 2. The number of guanidine groups is 1. The smallest absolute Gasteiger partial charge is 0.195 e. The molecule has 0 aliphatic carbocycles. The zero-order chi connectivity index (χ0) is 12.6. The first-order chi connectivity index (χ1) is 8.02. The Labute approximate surface area is 111 Å². The van der Waals surface area contributed by atoms with Crippen molar-refractivity contribution in [3.05, 3.63) is 27.7 Å². The highest BCUT2D eigenvalue weighted by Gasteiger charge is 2.21. The van der Waals surface area contributed by atoms with E-state index in [1.54, 1.807) is 0 Å². The summed E-state index contributed by atoms with van der Waals surface area (Å²) in [5, 5.41) is 0. The molecule has 0 spiro atoms. The summed E-state index contributed by atoms with van der Waals surface area (Å²) in [6, 6.07) is 4.28. The minimum absolute atomic E-state index is 0.516. The molecule has 3 nitrogen and oxygen atoms in total. The lowest BCUT2D eigenvalue weighted by Gasteiger charge is -2.24. The quantitative estimate of drug-likeness (QED) is 0.911. The van der Waals surface area contributed by atoms with Gasteiger partial charge in [-0.25, -0.2) is 0 Å². The van der Waals surface area contributed by atoms with Gasteiger partial charge in [-0.05, 0) is 46.0 Å². The first kappa shape index (κ1) is 12.4. The van der Waals surface area contributed by atoms with E-state index < -0.39 is 0 Å². The maximum Gasteiger partial charge on any atom is 0.195 e. The van der Waals surface area contributed by atoms with Gasteiger partial charge in [-0.2, -0.15) is 0 Å². The molecule has 2 rings (SSSR count). The molecule has 0 saturated carbocycles. The molecule has 0 amide bonds. The van der Waals surface area contributed by atoms with Crippen LogP contribution in [0.4, 0.5) is 5.69 Å². The molecule has 0 bridgehead atoms. The highest BCUT2D eigenvalue weighted by Crippen LogP contribution is 2.35. The van der Waals surface area contributed by atoms with Crippen LogP contribution in [0, 0.1) is 6.92 Å². The average Bonchev–Trinajstić information content (AvgIpc) is 2.64. The number of hydrogen-bond donors (Lipinski definition) is 1. The van der Waals surface area contributed by atoms with Crippen LogP contribution < -0.4 is 10.6 Å². The lowest BCUT2D eigenvalue weighted by Crippen LogP contribution is -2.34. The Morgan fingerprint density at radius 1 is 1.41 bits per heavy atom. The molecule has 0 saturated heterocycles. The topological polar surface area (TPSA) is 41.6 Å². The van der Waals surface area contributed by atoms with E-state index >= 15 is 0 Å². The van der Waals surface area contributed by atoms with Crippen LogP contribution in [0.2, 0.25) is 0 Å². The Bertz CT molecular complexity index is 466. The highest BCUT2D eigenvalue weighted by molar-refractivity contribution is 9.10. The Balaban J connectivity index is 2.52. The zero-order valence-electron chi connectivity index (χ0n) is 10.5. The van der Waals surface area contributed by atoms with Crippen LogP contribution in [0.25, 0.3) is 0 Å². The van der Waals surface area contributed by atoms with Gasteiger partial charge < -0.3 is 10.6 Å². The number of benzene rings is 1. The van der Waals surface area contributed by atoms with E-state index in [-0.39, 0.29) is 0 Å². The summed E-state index contributed by atoms with van der Waals surface area (Å²) < 4.78 is 1.08. The minimum Gasteiger partial charge on any atom is -0.370 e. The lowest BCUT2D eigenvalue weighted by molar-refractivity contribution is 0.853. The van der Waals surface area contributed by atoms with E-state index in [9.17, 15) is 0 Å². The Hall–Kier alpha value is -1.03. The predicted octanol–water partition coefficient (Wildman–Crippen LogP) is 3.02. The van der Waals surface area contributed by atoms with Crippen molar-refractivity contribution in [1.82, 2.24) is 0 Å². The van der Waals surface area contributed by atoms with Crippen LogP contribution in [-0.4, -0.2) is 19.0 Å².